The van der Waals surface area contributed by atoms with Crippen LogP contribution >= 0.6 is 0 Å². The fourth-order valence-corrected chi connectivity index (χ4v) is 4.37. The van der Waals surface area contributed by atoms with E-state index in [2.05, 4.69) is 12.1 Å². The first-order chi connectivity index (χ1) is 11.6. The average molecular weight is 326 g/mol. The van der Waals surface area contributed by atoms with Crippen LogP contribution in [-0.2, 0) is 15.0 Å². The fraction of sp³-hybridized carbons (Fsp3) is 0.600. The number of nitrogens with zero attached hydrogens (tertiary/aromatic N) is 1. The number of primary amides is 1. The van der Waals surface area contributed by atoms with E-state index in [0.717, 1.165) is 37.7 Å². The highest BCUT2D eigenvalue weighted by Gasteiger charge is 2.54. The minimum atomic E-state index is -0.374. The van der Waals surface area contributed by atoms with Crippen LogP contribution in [0.5, 0.6) is 0 Å². The van der Waals surface area contributed by atoms with Crippen LogP contribution < -0.4 is 5.73 Å². The number of nitrogens with two attached hydrogens (primary N) is 1. The van der Waals surface area contributed by atoms with Gasteiger partial charge in [0.05, 0.1) is 10.8 Å². The van der Waals surface area contributed by atoms with E-state index in [1.165, 1.54) is 12.8 Å². The van der Waals surface area contributed by atoms with E-state index in [9.17, 15) is 9.59 Å². The first-order valence-corrected chi connectivity index (χ1v) is 9.21. The molecule has 4 heteroatoms. The van der Waals surface area contributed by atoms with E-state index in [0.29, 0.717) is 19.0 Å². The van der Waals surface area contributed by atoms with Gasteiger partial charge in [-0.1, -0.05) is 43.2 Å². The van der Waals surface area contributed by atoms with E-state index in [-0.39, 0.29) is 22.6 Å². The van der Waals surface area contributed by atoms with Crippen LogP contribution in [0.2, 0.25) is 0 Å². The van der Waals surface area contributed by atoms with Crippen molar-refractivity contribution in [1.82, 2.24) is 4.90 Å². The summed E-state index contributed by atoms with van der Waals surface area (Å²) in [5.74, 6) is 0.766. The topological polar surface area (TPSA) is 63.4 Å². The summed E-state index contributed by atoms with van der Waals surface area (Å²) < 4.78 is 0. The van der Waals surface area contributed by atoms with Gasteiger partial charge >= 0.3 is 0 Å². The standard InChI is InChI=1S/C20H26N2O2/c21-17(23)19(14-15-6-7-15)10-12-22(13-11-19)18(24)20(8-9-20)16-4-2-1-3-5-16/h1-5,15H,6-14H2,(H2,21,23). The Balaban J connectivity index is 1.45. The molecule has 3 aliphatic rings. The zero-order chi connectivity index (χ0) is 16.8. The summed E-state index contributed by atoms with van der Waals surface area (Å²) in [4.78, 5) is 27.2. The Hall–Kier alpha value is -1.84. The third-order valence-corrected chi connectivity index (χ3v) is 6.39. The molecule has 0 unspecified atom stereocenters. The Morgan fingerprint density at radius 3 is 2.17 bits per heavy atom. The molecule has 1 aromatic carbocycles. The van der Waals surface area contributed by atoms with Crippen LogP contribution in [0.1, 0.15) is 50.5 Å². The molecule has 4 rings (SSSR count). The van der Waals surface area contributed by atoms with Gasteiger partial charge in [-0.3, -0.25) is 9.59 Å². The second-order valence-corrected chi connectivity index (χ2v) is 8.03. The van der Waals surface area contributed by atoms with Gasteiger partial charge in [-0.25, -0.2) is 0 Å². The lowest BCUT2D eigenvalue weighted by atomic mass is 9.73. The van der Waals surface area contributed by atoms with Gasteiger partial charge in [0, 0.05) is 13.1 Å². The van der Waals surface area contributed by atoms with Crippen molar-refractivity contribution in [3.8, 4) is 0 Å². The fourth-order valence-electron chi connectivity index (χ4n) is 4.37. The number of hydrogen-bond donors (Lipinski definition) is 1. The molecule has 4 nitrogen and oxygen atoms in total. The highest BCUT2D eigenvalue weighted by molar-refractivity contribution is 5.91. The maximum Gasteiger partial charge on any atom is 0.233 e. The molecule has 0 atom stereocenters. The molecule has 3 fully saturated rings. The molecule has 1 saturated heterocycles. The van der Waals surface area contributed by atoms with E-state index < -0.39 is 0 Å². The minimum Gasteiger partial charge on any atom is -0.369 e. The molecule has 0 bridgehead atoms. The molecule has 2 amide bonds. The third-order valence-electron chi connectivity index (χ3n) is 6.39. The van der Waals surface area contributed by atoms with Gasteiger partial charge in [-0.05, 0) is 43.6 Å². The Morgan fingerprint density at radius 1 is 1.04 bits per heavy atom. The van der Waals surface area contributed by atoms with Crippen molar-refractivity contribution in [2.45, 2.75) is 50.4 Å². The molecule has 24 heavy (non-hydrogen) atoms. The number of piperidine rings is 1. The zero-order valence-corrected chi connectivity index (χ0v) is 14.2. The van der Waals surface area contributed by atoms with Crippen molar-refractivity contribution in [3.05, 3.63) is 35.9 Å². The Bertz CT molecular complexity index is 639. The third kappa shape index (κ3) is 2.62. The monoisotopic (exact) mass is 326 g/mol. The van der Waals surface area contributed by atoms with Gasteiger partial charge in [0.1, 0.15) is 0 Å². The normalized spacial score (nSPS) is 24.4. The predicted molar refractivity (Wildman–Crippen MR) is 92.1 cm³/mol. The molecule has 1 heterocycles. The van der Waals surface area contributed by atoms with Gasteiger partial charge in [-0.2, -0.15) is 0 Å². The van der Waals surface area contributed by atoms with Crippen molar-refractivity contribution >= 4 is 11.8 Å². The predicted octanol–water partition coefficient (Wildman–Crippen LogP) is 2.61. The highest BCUT2D eigenvalue weighted by atomic mass is 16.2. The van der Waals surface area contributed by atoms with Crippen LogP contribution in [-0.4, -0.2) is 29.8 Å². The summed E-state index contributed by atoms with van der Waals surface area (Å²) in [6, 6.07) is 10.1. The molecular weight excluding hydrogens is 300 g/mol. The van der Waals surface area contributed by atoms with Crippen molar-refractivity contribution in [3.63, 3.8) is 0 Å². The van der Waals surface area contributed by atoms with Crippen LogP contribution in [0.4, 0.5) is 0 Å². The molecule has 2 saturated carbocycles. The quantitative estimate of drug-likeness (QED) is 0.904. The Labute approximate surface area is 143 Å². The largest absolute Gasteiger partial charge is 0.369 e. The smallest absolute Gasteiger partial charge is 0.233 e. The first-order valence-electron chi connectivity index (χ1n) is 9.21. The lowest BCUT2D eigenvalue weighted by molar-refractivity contribution is -0.141. The van der Waals surface area contributed by atoms with E-state index >= 15 is 0 Å². The summed E-state index contributed by atoms with van der Waals surface area (Å²) in [6.07, 6.45) is 6.73. The van der Waals surface area contributed by atoms with E-state index in [4.69, 9.17) is 5.73 Å². The number of carbonyl (C=O) groups is 2. The van der Waals surface area contributed by atoms with Gasteiger partial charge in [0.15, 0.2) is 0 Å². The summed E-state index contributed by atoms with van der Waals surface area (Å²) >= 11 is 0. The molecule has 2 aliphatic carbocycles. The second kappa shape index (κ2) is 5.61. The van der Waals surface area contributed by atoms with E-state index in [1.807, 2.05) is 23.1 Å². The molecule has 2 N–H and O–H groups in total. The van der Waals surface area contributed by atoms with Crippen LogP contribution in [0.3, 0.4) is 0 Å². The number of likely N-dealkylation sites (tertiary alicyclic amines) is 1. The molecule has 1 aliphatic heterocycles. The van der Waals surface area contributed by atoms with Gasteiger partial charge in [-0.15, -0.1) is 0 Å². The van der Waals surface area contributed by atoms with Gasteiger partial charge < -0.3 is 10.6 Å². The highest BCUT2D eigenvalue weighted by Crippen LogP contribution is 2.51. The Kier molecular flexibility index (Phi) is 3.66. The SMILES string of the molecule is NC(=O)C1(CC2CC2)CCN(C(=O)C2(c3ccccc3)CC2)CC1. The summed E-state index contributed by atoms with van der Waals surface area (Å²) in [5.41, 5.74) is 6.21. The maximum atomic E-state index is 13.1. The summed E-state index contributed by atoms with van der Waals surface area (Å²) in [6.45, 7) is 1.34. The number of benzene rings is 1. The summed E-state index contributed by atoms with van der Waals surface area (Å²) in [7, 11) is 0. The van der Waals surface area contributed by atoms with Crippen LogP contribution in [0, 0.1) is 11.3 Å². The lowest BCUT2D eigenvalue weighted by Gasteiger charge is -2.41. The first kappa shape index (κ1) is 15.7. The van der Waals surface area contributed by atoms with Crippen LogP contribution in [0.15, 0.2) is 30.3 Å². The van der Waals surface area contributed by atoms with Crippen molar-refractivity contribution in [2.24, 2.45) is 17.1 Å². The maximum absolute atomic E-state index is 13.1. The van der Waals surface area contributed by atoms with Crippen LogP contribution in [0.25, 0.3) is 0 Å². The van der Waals surface area contributed by atoms with Crippen molar-refractivity contribution < 1.29 is 9.59 Å². The van der Waals surface area contributed by atoms with Gasteiger partial charge in [0.2, 0.25) is 11.8 Å². The summed E-state index contributed by atoms with van der Waals surface area (Å²) in [5, 5.41) is 0. The van der Waals surface area contributed by atoms with Crippen molar-refractivity contribution in [2.75, 3.05) is 13.1 Å². The number of hydrogen-bond acceptors (Lipinski definition) is 2. The second-order valence-electron chi connectivity index (χ2n) is 8.03. The average Bonchev–Trinajstić information content (AvgIpc) is 3.51. The molecule has 0 radical (unpaired) electrons. The van der Waals surface area contributed by atoms with Gasteiger partial charge in [0.25, 0.3) is 0 Å². The zero-order valence-electron chi connectivity index (χ0n) is 14.2. The molecule has 0 spiro atoms. The molecule has 1 aromatic rings. The lowest BCUT2D eigenvalue weighted by Crippen LogP contribution is -2.51. The number of rotatable bonds is 5. The molecule has 128 valence electrons. The van der Waals surface area contributed by atoms with E-state index in [1.54, 1.807) is 0 Å². The Morgan fingerprint density at radius 2 is 1.67 bits per heavy atom. The molecular formula is C20H26N2O2. The number of carbonyl (C=O) groups excluding carboxylic acids is 2. The van der Waals surface area contributed by atoms with Crippen molar-refractivity contribution in [1.29, 1.82) is 0 Å². The molecule has 0 aromatic heterocycles. The minimum absolute atomic E-state index is 0.161. The number of amides is 2.